The number of ether oxygens (including phenoxy) is 1. The fraction of sp³-hybridized carbons (Fsp3) is 0.739. The minimum absolute atomic E-state index is 0.227. The molecule has 0 atom stereocenters. The Kier molecular flexibility index (Phi) is 8.40. The lowest BCUT2D eigenvalue weighted by Crippen LogP contribution is -2.30. The number of halogens is 2. The molecule has 4 rings (SSSR count). The van der Waals surface area contributed by atoms with Crippen molar-refractivity contribution in [2.45, 2.75) is 71.1 Å². The summed E-state index contributed by atoms with van der Waals surface area (Å²) in [4.78, 5) is 20.5. The summed E-state index contributed by atoms with van der Waals surface area (Å²) in [6.45, 7) is 4.23. The molecule has 33 heavy (non-hydrogen) atoms. The van der Waals surface area contributed by atoms with E-state index in [1.165, 1.54) is 35.5 Å². The molecule has 3 heterocycles. The monoisotopic (exact) mass is 482 g/mol. The van der Waals surface area contributed by atoms with Crippen molar-refractivity contribution in [2.24, 2.45) is 11.8 Å². The number of hydrogen-bond acceptors (Lipinski definition) is 8. The second kappa shape index (κ2) is 11.5. The van der Waals surface area contributed by atoms with E-state index >= 15 is 0 Å². The summed E-state index contributed by atoms with van der Waals surface area (Å²) < 4.78 is 34.5. The average molecular weight is 483 g/mol. The Balaban J connectivity index is 1.13. The number of carbonyl (C=O) groups is 1. The molecule has 1 fully saturated rings. The van der Waals surface area contributed by atoms with Crippen LogP contribution < -0.4 is 4.74 Å². The Hall–Kier alpha value is -1.94. The molecule has 0 saturated heterocycles. The number of aromatic nitrogens is 3. The van der Waals surface area contributed by atoms with Crippen LogP contribution in [0.15, 0.2) is 4.63 Å². The van der Waals surface area contributed by atoms with Gasteiger partial charge in [-0.25, -0.2) is 18.4 Å². The average Bonchev–Trinajstić information content (AvgIpc) is 3.33. The summed E-state index contributed by atoms with van der Waals surface area (Å²) in [5, 5.41) is 7.93. The van der Waals surface area contributed by atoms with Crippen LogP contribution in [0.5, 0.6) is 5.19 Å². The number of thiazole rings is 1. The molecule has 10 heteroatoms. The van der Waals surface area contributed by atoms with E-state index in [0.29, 0.717) is 35.3 Å². The number of fused-ring (bicyclic) bond motifs is 1. The molecular formula is C23H32F2N4O3S. The molecule has 7 nitrogen and oxygen atoms in total. The van der Waals surface area contributed by atoms with Crippen LogP contribution in [0, 0.1) is 18.8 Å². The molecule has 2 aromatic heterocycles. The second-order valence-corrected chi connectivity index (χ2v) is 10.3. The lowest BCUT2D eigenvalue weighted by atomic mass is 9.78. The Labute approximate surface area is 196 Å². The van der Waals surface area contributed by atoms with Gasteiger partial charge in [0.25, 0.3) is 11.6 Å². The van der Waals surface area contributed by atoms with Crippen molar-refractivity contribution >= 4 is 17.1 Å². The quantitative estimate of drug-likeness (QED) is 0.500. The van der Waals surface area contributed by atoms with Crippen LogP contribution in [-0.2, 0) is 24.1 Å². The van der Waals surface area contributed by atoms with E-state index in [9.17, 15) is 13.6 Å². The Morgan fingerprint density at radius 1 is 1.18 bits per heavy atom. The van der Waals surface area contributed by atoms with Crippen molar-refractivity contribution in [3.8, 4) is 5.19 Å². The number of Topliss-reactive ketones (excluding diaryl/α,β-unsaturated/α-hetero) is 1. The van der Waals surface area contributed by atoms with Crippen molar-refractivity contribution in [1.29, 1.82) is 0 Å². The first kappa shape index (κ1) is 24.2. The van der Waals surface area contributed by atoms with Gasteiger partial charge >= 0.3 is 0 Å². The molecule has 1 aliphatic heterocycles. The number of nitrogens with zero attached hydrogens (tertiary/aromatic N) is 4. The normalized spacial score (nSPS) is 21.7. The van der Waals surface area contributed by atoms with Gasteiger partial charge in [0.2, 0.25) is 0 Å². The SMILES string of the molecule is Cc1nonc1CC(=O)CC1CCC(CCN2CCc3nc(OCC(F)F)sc3CC2)CC1. The minimum atomic E-state index is -2.47. The molecule has 2 aliphatic rings. The highest BCUT2D eigenvalue weighted by Gasteiger charge is 2.25. The molecule has 0 N–H and O–H groups in total. The Morgan fingerprint density at radius 3 is 2.67 bits per heavy atom. The van der Waals surface area contributed by atoms with Crippen LogP contribution in [0.25, 0.3) is 0 Å². The van der Waals surface area contributed by atoms with Crippen molar-refractivity contribution in [1.82, 2.24) is 20.2 Å². The smallest absolute Gasteiger partial charge is 0.273 e. The van der Waals surface area contributed by atoms with Crippen molar-refractivity contribution in [2.75, 3.05) is 26.2 Å². The lowest BCUT2D eigenvalue weighted by molar-refractivity contribution is -0.119. The number of hydrogen-bond donors (Lipinski definition) is 0. The number of rotatable bonds is 10. The molecule has 1 aliphatic carbocycles. The first-order valence-electron chi connectivity index (χ1n) is 11.9. The third kappa shape index (κ3) is 7.02. The van der Waals surface area contributed by atoms with Gasteiger partial charge in [0, 0.05) is 30.8 Å². The highest BCUT2D eigenvalue weighted by molar-refractivity contribution is 7.13. The van der Waals surface area contributed by atoms with Crippen molar-refractivity contribution < 1.29 is 22.9 Å². The summed E-state index contributed by atoms with van der Waals surface area (Å²) >= 11 is 1.41. The van der Waals surface area contributed by atoms with Crippen LogP contribution >= 0.6 is 11.3 Å². The van der Waals surface area contributed by atoms with Crippen LogP contribution in [0.3, 0.4) is 0 Å². The highest BCUT2D eigenvalue weighted by atomic mass is 32.1. The Bertz CT molecular complexity index is 886. The summed E-state index contributed by atoms with van der Waals surface area (Å²) in [5.74, 6) is 1.43. The third-order valence-electron chi connectivity index (χ3n) is 6.86. The maximum absolute atomic E-state index is 12.4. The van der Waals surface area contributed by atoms with Gasteiger partial charge in [-0.1, -0.05) is 34.5 Å². The zero-order chi connectivity index (χ0) is 23.2. The van der Waals surface area contributed by atoms with Crippen molar-refractivity contribution in [3.63, 3.8) is 0 Å². The number of aryl methyl sites for hydroxylation is 1. The van der Waals surface area contributed by atoms with Crippen LogP contribution in [0.2, 0.25) is 0 Å². The zero-order valence-corrected chi connectivity index (χ0v) is 19.9. The lowest BCUT2D eigenvalue weighted by Gasteiger charge is -2.30. The fourth-order valence-corrected chi connectivity index (χ4v) is 5.84. The van der Waals surface area contributed by atoms with Gasteiger partial charge in [-0.05, 0) is 51.0 Å². The molecule has 1 saturated carbocycles. The van der Waals surface area contributed by atoms with Gasteiger partial charge in [-0.15, -0.1) is 0 Å². The van der Waals surface area contributed by atoms with E-state index in [1.807, 2.05) is 6.92 Å². The van der Waals surface area contributed by atoms with Gasteiger partial charge in [0.05, 0.1) is 12.1 Å². The molecule has 182 valence electrons. The van der Waals surface area contributed by atoms with Gasteiger partial charge in [-0.3, -0.25) is 4.79 Å². The first-order chi connectivity index (χ1) is 16.0. The maximum atomic E-state index is 12.4. The van der Waals surface area contributed by atoms with E-state index in [2.05, 4.69) is 24.8 Å². The van der Waals surface area contributed by atoms with Crippen LogP contribution in [0.1, 0.15) is 60.5 Å². The van der Waals surface area contributed by atoms with Gasteiger partial charge in [0.15, 0.2) is 6.61 Å². The third-order valence-corrected chi connectivity index (χ3v) is 7.93. The van der Waals surface area contributed by atoms with Crippen molar-refractivity contribution in [3.05, 3.63) is 22.0 Å². The predicted molar refractivity (Wildman–Crippen MR) is 120 cm³/mol. The molecule has 0 amide bonds. The van der Waals surface area contributed by atoms with E-state index in [1.54, 1.807) is 0 Å². The van der Waals surface area contributed by atoms with E-state index in [4.69, 9.17) is 4.74 Å². The van der Waals surface area contributed by atoms with E-state index in [0.717, 1.165) is 56.9 Å². The maximum Gasteiger partial charge on any atom is 0.273 e. The molecule has 0 radical (unpaired) electrons. The summed E-state index contributed by atoms with van der Waals surface area (Å²) in [5.41, 5.74) is 2.37. The molecular weight excluding hydrogens is 450 g/mol. The largest absolute Gasteiger partial charge is 0.464 e. The predicted octanol–water partition coefficient (Wildman–Crippen LogP) is 4.28. The fourth-order valence-electron chi connectivity index (χ4n) is 4.89. The molecule has 0 aromatic carbocycles. The summed E-state index contributed by atoms with van der Waals surface area (Å²) in [6, 6.07) is 0. The summed E-state index contributed by atoms with van der Waals surface area (Å²) in [6.07, 6.45) is 6.04. The Morgan fingerprint density at radius 2 is 1.94 bits per heavy atom. The standard InChI is InChI=1S/C23H32F2N4O3S/c1-15-20(28-32-27-15)13-18(30)12-17-4-2-16(3-5-17)6-9-29-10-7-19-21(8-11-29)33-23(26-19)31-14-22(24)25/h16-17,22H,2-14H2,1H3. The molecule has 0 bridgehead atoms. The first-order valence-corrected chi connectivity index (χ1v) is 12.7. The summed E-state index contributed by atoms with van der Waals surface area (Å²) in [7, 11) is 0. The topological polar surface area (TPSA) is 81.4 Å². The number of ketones is 1. The van der Waals surface area contributed by atoms with Crippen LogP contribution in [-0.4, -0.2) is 58.6 Å². The molecule has 0 unspecified atom stereocenters. The van der Waals surface area contributed by atoms with Gasteiger partial charge < -0.3 is 9.64 Å². The highest BCUT2D eigenvalue weighted by Crippen LogP contribution is 2.34. The minimum Gasteiger partial charge on any atom is -0.464 e. The van der Waals surface area contributed by atoms with E-state index in [-0.39, 0.29) is 5.78 Å². The number of carbonyl (C=O) groups excluding carboxylic acids is 1. The van der Waals surface area contributed by atoms with Gasteiger partial charge in [-0.2, -0.15) is 0 Å². The second-order valence-electron chi connectivity index (χ2n) is 9.28. The molecule has 0 spiro atoms. The zero-order valence-electron chi connectivity index (χ0n) is 19.1. The van der Waals surface area contributed by atoms with Crippen LogP contribution in [0.4, 0.5) is 8.78 Å². The molecule has 2 aromatic rings. The van der Waals surface area contributed by atoms with Gasteiger partial charge in [0.1, 0.15) is 17.2 Å². The van der Waals surface area contributed by atoms with E-state index < -0.39 is 13.0 Å². The number of alkyl halides is 2.